The molecule has 2 heterocycles. The number of rotatable bonds is 2. The number of nitrogens with one attached hydrogen (secondary N) is 1. The Kier molecular flexibility index (Phi) is 3.29. The molecule has 1 aromatic carbocycles. The Hall–Kier alpha value is -2.89. The molecule has 1 N–H and O–H groups in total. The standard InChI is InChI=1S/C16H16N4O2/c1-10-8-14-18-16(21)13(15(17)20(14)22-10)9-11-4-6-12(7-5-11)19(2)3/h4-9,17H,1-3H3/b13-9-,17-15?. The van der Waals surface area contributed by atoms with Gasteiger partial charge < -0.3 is 9.74 Å². The number of allylic oxidation sites excluding steroid dienone is 1. The third kappa shape index (κ3) is 2.39. The molecule has 3 rings (SSSR count). The molecule has 112 valence electrons. The number of anilines is 1. The van der Waals surface area contributed by atoms with Crippen LogP contribution in [0.2, 0.25) is 0 Å². The van der Waals surface area contributed by atoms with Gasteiger partial charge in [0.25, 0.3) is 5.91 Å². The molecule has 0 aromatic heterocycles. The van der Waals surface area contributed by atoms with Gasteiger partial charge in [0.15, 0.2) is 11.7 Å². The number of amides is 1. The van der Waals surface area contributed by atoms with Crippen molar-refractivity contribution in [3.8, 4) is 0 Å². The normalized spacial score (nSPS) is 18.9. The van der Waals surface area contributed by atoms with Crippen LogP contribution in [0.5, 0.6) is 0 Å². The number of nitrogens with zero attached hydrogens (tertiary/aromatic N) is 3. The lowest BCUT2D eigenvalue weighted by molar-refractivity contribution is -0.114. The maximum Gasteiger partial charge on any atom is 0.282 e. The summed E-state index contributed by atoms with van der Waals surface area (Å²) in [4.78, 5) is 23.4. The lowest BCUT2D eigenvalue weighted by Gasteiger charge is -2.23. The largest absolute Gasteiger partial charge is 0.378 e. The molecule has 0 saturated carbocycles. The summed E-state index contributed by atoms with van der Waals surface area (Å²) < 4.78 is 0. The lowest BCUT2D eigenvalue weighted by Crippen LogP contribution is -2.38. The molecule has 0 atom stereocenters. The molecule has 22 heavy (non-hydrogen) atoms. The van der Waals surface area contributed by atoms with Crippen LogP contribution >= 0.6 is 0 Å². The van der Waals surface area contributed by atoms with Gasteiger partial charge in [-0.2, -0.15) is 4.99 Å². The lowest BCUT2D eigenvalue weighted by atomic mass is 10.1. The van der Waals surface area contributed by atoms with Crippen molar-refractivity contribution >= 4 is 29.3 Å². The molecule has 2 aliphatic heterocycles. The Morgan fingerprint density at radius 2 is 1.95 bits per heavy atom. The number of hydrogen-bond acceptors (Lipinski definition) is 4. The van der Waals surface area contributed by atoms with Crippen molar-refractivity contribution in [1.29, 1.82) is 5.41 Å². The molecule has 0 spiro atoms. The van der Waals surface area contributed by atoms with Crippen LogP contribution in [0.25, 0.3) is 6.08 Å². The van der Waals surface area contributed by atoms with Crippen LogP contribution in [0.4, 0.5) is 5.69 Å². The molecule has 1 amide bonds. The van der Waals surface area contributed by atoms with Crippen LogP contribution < -0.4 is 4.90 Å². The Labute approximate surface area is 128 Å². The molecule has 0 unspecified atom stereocenters. The van der Waals surface area contributed by atoms with E-state index in [1.54, 1.807) is 19.1 Å². The Bertz CT molecular complexity index is 742. The molecule has 0 bridgehead atoms. The number of carbonyl (C=O) groups is 1. The van der Waals surface area contributed by atoms with Gasteiger partial charge >= 0.3 is 0 Å². The van der Waals surface area contributed by atoms with Crippen molar-refractivity contribution in [3.63, 3.8) is 0 Å². The smallest absolute Gasteiger partial charge is 0.282 e. The molecule has 1 aromatic rings. The van der Waals surface area contributed by atoms with E-state index in [0.717, 1.165) is 11.3 Å². The fourth-order valence-corrected chi connectivity index (χ4v) is 2.24. The first kappa shape index (κ1) is 14.1. The minimum Gasteiger partial charge on any atom is -0.378 e. The molecule has 0 saturated heterocycles. The maximum atomic E-state index is 12.1. The minimum atomic E-state index is -0.428. The third-order valence-electron chi connectivity index (χ3n) is 3.40. The zero-order valence-corrected chi connectivity index (χ0v) is 12.6. The van der Waals surface area contributed by atoms with Crippen molar-refractivity contribution in [2.45, 2.75) is 6.92 Å². The van der Waals surface area contributed by atoms with E-state index in [9.17, 15) is 4.79 Å². The van der Waals surface area contributed by atoms with E-state index < -0.39 is 5.91 Å². The van der Waals surface area contributed by atoms with Crippen LogP contribution in [0.15, 0.2) is 46.7 Å². The fourth-order valence-electron chi connectivity index (χ4n) is 2.24. The van der Waals surface area contributed by atoms with Crippen LogP contribution in [-0.4, -0.2) is 36.7 Å². The second-order valence-electron chi connectivity index (χ2n) is 5.31. The summed E-state index contributed by atoms with van der Waals surface area (Å²) in [6, 6.07) is 7.71. The van der Waals surface area contributed by atoms with Crippen molar-refractivity contribution in [1.82, 2.24) is 5.06 Å². The van der Waals surface area contributed by atoms with Gasteiger partial charge in [-0.15, -0.1) is 5.06 Å². The zero-order chi connectivity index (χ0) is 15.9. The van der Waals surface area contributed by atoms with Gasteiger partial charge in [0.1, 0.15) is 5.76 Å². The molecule has 0 aliphatic carbocycles. The second kappa shape index (κ2) is 5.14. The predicted octanol–water partition coefficient (Wildman–Crippen LogP) is 2.20. The summed E-state index contributed by atoms with van der Waals surface area (Å²) in [5.41, 5.74) is 2.11. The minimum absolute atomic E-state index is 0.000198. The van der Waals surface area contributed by atoms with E-state index in [0.29, 0.717) is 11.6 Å². The molecule has 2 aliphatic rings. The third-order valence-corrected chi connectivity index (χ3v) is 3.40. The summed E-state index contributed by atoms with van der Waals surface area (Å²) in [7, 11) is 3.92. The SMILES string of the molecule is CC1=CC2=NC(=O)/C(=C\c3ccc(N(C)C)cc3)C(=N)N2O1. The Balaban J connectivity index is 1.92. The predicted molar refractivity (Wildman–Crippen MR) is 85.6 cm³/mol. The topological polar surface area (TPSA) is 69.0 Å². The highest BCUT2D eigenvalue weighted by Crippen LogP contribution is 2.24. The number of hydroxylamine groups is 2. The maximum absolute atomic E-state index is 12.1. The first-order chi connectivity index (χ1) is 10.5. The average Bonchev–Trinajstić information content (AvgIpc) is 2.84. The van der Waals surface area contributed by atoms with Crippen LogP contribution in [-0.2, 0) is 9.63 Å². The van der Waals surface area contributed by atoms with E-state index >= 15 is 0 Å². The Morgan fingerprint density at radius 3 is 2.59 bits per heavy atom. The van der Waals surface area contributed by atoms with Crippen molar-refractivity contribution in [3.05, 3.63) is 47.2 Å². The summed E-state index contributed by atoms with van der Waals surface area (Å²) in [5, 5.41) is 9.40. The number of hydrogen-bond donors (Lipinski definition) is 1. The van der Waals surface area contributed by atoms with Gasteiger partial charge in [-0.25, -0.2) is 0 Å². The van der Waals surface area contributed by atoms with Crippen LogP contribution in [0, 0.1) is 5.41 Å². The van der Waals surface area contributed by atoms with Gasteiger partial charge in [0.05, 0.1) is 5.57 Å². The van der Waals surface area contributed by atoms with Gasteiger partial charge in [-0.1, -0.05) is 12.1 Å². The zero-order valence-electron chi connectivity index (χ0n) is 12.6. The molecular weight excluding hydrogens is 280 g/mol. The summed E-state index contributed by atoms with van der Waals surface area (Å²) in [6.07, 6.45) is 3.29. The van der Waals surface area contributed by atoms with Gasteiger partial charge in [-0.05, 0) is 30.7 Å². The monoisotopic (exact) mass is 296 g/mol. The number of amidine groups is 2. The van der Waals surface area contributed by atoms with Gasteiger partial charge in [0, 0.05) is 25.9 Å². The van der Waals surface area contributed by atoms with Crippen molar-refractivity contribution < 1.29 is 9.63 Å². The van der Waals surface area contributed by atoms with E-state index in [4.69, 9.17) is 10.2 Å². The summed E-state index contributed by atoms with van der Waals surface area (Å²) >= 11 is 0. The number of fused-ring (bicyclic) bond motifs is 1. The summed E-state index contributed by atoms with van der Waals surface area (Å²) in [5.74, 6) is 0.530. The quantitative estimate of drug-likeness (QED) is 0.850. The van der Waals surface area contributed by atoms with Gasteiger partial charge in [-0.3, -0.25) is 10.2 Å². The second-order valence-corrected chi connectivity index (χ2v) is 5.31. The van der Waals surface area contributed by atoms with Crippen molar-refractivity contribution in [2.24, 2.45) is 4.99 Å². The summed E-state index contributed by atoms with van der Waals surface area (Å²) in [6.45, 7) is 1.75. The highest BCUT2D eigenvalue weighted by molar-refractivity contribution is 6.32. The number of benzene rings is 1. The van der Waals surface area contributed by atoms with Crippen molar-refractivity contribution in [2.75, 3.05) is 19.0 Å². The van der Waals surface area contributed by atoms with Crippen LogP contribution in [0.3, 0.4) is 0 Å². The van der Waals surface area contributed by atoms with E-state index in [2.05, 4.69) is 4.99 Å². The molecule has 6 heteroatoms. The van der Waals surface area contributed by atoms with E-state index in [-0.39, 0.29) is 11.4 Å². The molecular formula is C16H16N4O2. The molecule has 0 fully saturated rings. The average molecular weight is 296 g/mol. The Morgan fingerprint density at radius 1 is 1.27 bits per heavy atom. The molecule has 0 radical (unpaired) electrons. The van der Waals surface area contributed by atoms with E-state index in [1.165, 1.54) is 5.06 Å². The van der Waals surface area contributed by atoms with Gasteiger partial charge in [0.2, 0.25) is 0 Å². The fraction of sp³-hybridized carbons (Fsp3) is 0.188. The van der Waals surface area contributed by atoms with E-state index in [1.807, 2.05) is 43.3 Å². The number of aliphatic imine (C=N–C) groups is 1. The highest BCUT2D eigenvalue weighted by Gasteiger charge is 2.34. The van der Waals surface area contributed by atoms with Crippen LogP contribution in [0.1, 0.15) is 12.5 Å². The highest BCUT2D eigenvalue weighted by atomic mass is 16.7. The number of carbonyl (C=O) groups excluding carboxylic acids is 1. The molecule has 6 nitrogen and oxygen atoms in total. The first-order valence-electron chi connectivity index (χ1n) is 6.83. The first-order valence-corrected chi connectivity index (χ1v) is 6.83.